The Morgan fingerprint density at radius 1 is 1.50 bits per heavy atom. The molecular weight excluding hydrogens is 132 g/mol. The van der Waals surface area contributed by atoms with Crippen molar-refractivity contribution < 1.29 is 4.52 Å². The van der Waals surface area contributed by atoms with E-state index in [1.165, 1.54) is 12.5 Å². The Bertz CT molecular complexity index is 355. The van der Waals surface area contributed by atoms with Crippen molar-refractivity contribution in [1.29, 1.82) is 0 Å². The molecule has 0 bridgehead atoms. The fraction of sp³-hybridized carbons (Fsp3) is 0. The van der Waals surface area contributed by atoms with Gasteiger partial charge in [-0.25, -0.2) is 9.97 Å². The first-order valence-electron chi connectivity index (χ1n) is 2.69. The standard InChI is InChI=1S/C5H4N4O/c6-5-4-3(10-9-5)1-7-2-8-4/h1-2H,(H2,6,9). The van der Waals surface area contributed by atoms with Crippen LogP contribution in [0.25, 0.3) is 11.1 Å². The van der Waals surface area contributed by atoms with Crippen LogP contribution in [0.3, 0.4) is 0 Å². The molecule has 0 aliphatic carbocycles. The highest BCUT2D eigenvalue weighted by molar-refractivity contribution is 5.81. The van der Waals surface area contributed by atoms with Crippen molar-refractivity contribution in [3.8, 4) is 0 Å². The van der Waals surface area contributed by atoms with Gasteiger partial charge in [0.15, 0.2) is 11.3 Å². The fourth-order valence-corrected chi connectivity index (χ4v) is 0.718. The van der Waals surface area contributed by atoms with Crippen LogP contribution >= 0.6 is 0 Å². The number of nitrogen functional groups attached to an aromatic ring is 1. The summed E-state index contributed by atoms with van der Waals surface area (Å²) in [5.74, 6) is 0.303. The Hall–Kier alpha value is -1.65. The molecule has 50 valence electrons. The molecule has 5 nitrogen and oxygen atoms in total. The van der Waals surface area contributed by atoms with Crippen LogP contribution in [0, 0.1) is 0 Å². The maximum absolute atomic E-state index is 5.38. The van der Waals surface area contributed by atoms with Crippen molar-refractivity contribution >= 4 is 16.9 Å². The van der Waals surface area contributed by atoms with Gasteiger partial charge in [0.1, 0.15) is 6.33 Å². The van der Waals surface area contributed by atoms with E-state index in [4.69, 9.17) is 10.3 Å². The van der Waals surface area contributed by atoms with Crippen molar-refractivity contribution in [3.63, 3.8) is 0 Å². The minimum Gasteiger partial charge on any atom is -0.379 e. The van der Waals surface area contributed by atoms with Crippen LogP contribution in [-0.2, 0) is 0 Å². The Morgan fingerprint density at radius 3 is 3.20 bits per heavy atom. The lowest BCUT2D eigenvalue weighted by Crippen LogP contribution is -1.85. The number of aromatic nitrogens is 3. The van der Waals surface area contributed by atoms with Gasteiger partial charge in [0.25, 0.3) is 0 Å². The van der Waals surface area contributed by atoms with E-state index < -0.39 is 0 Å². The van der Waals surface area contributed by atoms with Crippen LogP contribution in [0.1, 0.15) is 0 Å². The topological polar surface area (TPSA) is 77.8 Å². The summed E-state index contributed by atoms with van der Waals surface area (Å²) in [7, 11) is 0. The average Bonchev–Trinajstić information content (AvgIpc) is 2.34. The van der Waals surface area contributed by atoms with Crippen LogP contribution in [-0.4, -0.2) is 15.1 Å². The van der Waals surface area contributed by atoms with Crippen LogP contribution in [0.5, 0.6) is 0 Å². The zero-order valence-corrected chi connectivity index (χ0v) is 4.98. The number of rotatable bonds is 0. The summed E-state index contributed by atoms with van der Waals surface area (Å²) >= 11 is 0. The van der Waals surface area contributed by atoms with Crippen LogP contribution in [0.2, 0.25) is 0 Å². The molecule has 0 spiro atoms. The second-order valence-corrected chi connectivity index (χ2v) is 1.80. The van der Waals surface area contributed by atoms with Crippen LogP contribution in [0.4, 0.5) is 5.82 Å². The molecule has 2 rings (SSSR count). The normalized spacial score (nSPS) is 10.4. The predicted molar refractivity (Wildman–Crippen MR) is 34.0 cm³/mol. The maximum atomic E-state index is 5.38. The van der Waals surface area contributed by atoms with Crippen molar-refractivity contribution in [3.05, 3.63) is 12.5 Å². The minimum atomic E-state index is 0.303. The largest absolute Gasteiger partial charge is 0.379 e. The summed E-state index contributed by atoms with van der Waals surface area (Å²) in [6.07, 6.45) is 2.92. The summed E-state index contributed by atoms with van der Waals surface area (Å²) in [4.78, 5) is 7.57. The first-order valence-corrected chi connectivity index (χ1v) is 2.69. The number of nitrogens with zero attached hydrogens (tertiary/aromatic N) is 3. The van der Waals surface area contributed by atoms with E-state index in [2.05, 4.69) is 15.1 Å². The van der Waals surface area contributed by atoms with Gasteiger partial charge in [0.2, 0.25) is 5.58 Å². The first kappa shape index (κ1) is 5.16. The van der Waals surface area contributed by atoms with Crippen LogP contribution < -0.4 is 5.73 Å². The molecule has 0 saturated carbocycles. The Balaban J connectivity index is 2.93. The van der Waals surface area contributed by atoms with Crippen LogP contribution in [0.15, 0.2) is 17.0 Å². The smallest absolute Gasteiger partial charge is 0.205 e. The van der Waals surface area contributed by atoms with E-state index in [1.807, 2.05) is 0 Å². The molecule has 0 amide bonds. The molecule has 2 aromatic rings. The molecule has 2 heterocycles. The number of hydrogen-bond acceptors (Lipinski definition) is 5. The second-order valence-electron chi connectivity index (χ2n) is 1.80. The highest BCUT2D eigenvalue weighted by Crippen LogP contribution is 2.14. The van der Waals surface area contributed by atoms with Gasteiger partial charge in [0, 0.05) is 0 Å². The van der Waals surface area contributed by atoms with E-state index in [1.54, 1.807) is 0 Å². The quantitative estimate of drug-likeness (QED) is 0.559. The molecule has 0 radical (unpaired) electrons. The zero-order valence-electron chi connectivity index (χ0n) is 4.98. The molecule has 0 aliphatic rings. The van der Waals surface area contributed by atoms with Gasteiger partial charge in [-0.05, 0) is 0 Å². The SMILES string of the molecule is Nc1noc2cncnc12. The summed E-state index contributed by atoms with van der Waals surface area (Å²) in [6.45, 7) is 0. The van der Waals surface area contributed by atoms with Gasteiger partial charge in [0.05, 0.1) is 6.20 Å². The van der Waals surface area contributed by atoms with E-state index >= 15 is 0 Å². The molecule has 0 saturated heterocycles. The number of anilines is 1. The highest BCUT2D eigenvalue weighted by Gasteiger charge is 2.03. The molecule has 0 fully saturated rings. The van der Waals surface area contributed by atoms with Crippen molar-refractivity contribution in [2.75, 3.05) is 5.73 Å². The van der Waals surface area contributed by atoms with E-state index in [-0.39, 0.29) is 0 Å². The molecule has 5 heteroatoms. The predicted octanol–water partition coefficient (Wildman–Crippen LogP) is 0.200. The molecule has 0 atom stereocenters. The lowest BCUT2D eigenvalue weighted by atomic mass is 10.5. The van der Waals surface area contributed by atoms with Crippen molar-refractivity contribution in [1.82, 2.24) is 15.1 Å². The zero-order chi connectivity index (χ0) is 6.97. The number of nitrogens with two attached hydrogens (primary N) is 1. The summed E-state index contributed by atoms with van der Waals surface area (Å²) in [5.41, 5.74) is 6.46. The van der Waals surface area contributed by atoms with E-state index in [0.717, 1.165) is 0 Å². The highest BCUT2D eigenvalue weighted by atomic mass is 16.5. The Labute approximate surface area is 55.9 Å². The van der Waals surface area contributed by atoms with Crippen molar-refractivity contribution in [2.24, 2.45) is 0 Å². The monoisotopic (exact) mass is 136 g/mol. The third-order valence-electron chi connectivity index (χ3n) is 1.16. The van der Waals surface area contributed by atoms with Gasteiger partial charge < -0.3 is 10.3 Å². The second kappa shape index (κ2) is 1.66. The number of hydrogen-bond donors (Lipinski definition) is 1. The average molecular weight is 136 g/mol. The summed E-state index contributed by atoms with van der Waals surface area (Å²) < 4.78 is 4.75. The van der Waals surface area contributed by atoms with Crippen molar-refractivity contribution in [2.45, 2.75) is 0 Å². The van der Waals surface area contributed by atoms with Gasteiger partial charge in [-0.15, -0.1) is 0 Å². The van der Waals surface area contributed by atoms with Gasteiger partial charge in [-0.3, -0.25) is 0 Å². The molecule has 2 aromatic heterocycles. The molecule has 10 heavy (non-hydrogen) atoms. The maximum Gasteiger partial charge on any atom is 0.205 e. The lowest BCUT2D eigenvalue weighted by molar-refractivity contribution is 0.459. The number of fused-ring (bicyclic) bond motifs is 1. The Kier molecular flexibility index (Phi) is 0.858. The molecule has 0 aliphatic heterocycles. The third-order valence-corrected chi connectivity index (χ3v) is 1.16. The molecule has 0 aromatic carbocycles. The molecule has 2 N–H and O–H groups in total. The lowest BCUT2D eigenvalue weighted by Gasteiger charge is -1.81. The molecule has 0 unspecified atom stereocenters. The van der Waals surface area contributed by atoms with Gasteiger partial charge in [-0.1, -0.05) is 5.16 Å². The Morgan fingerprint density at radius 2 is 2.40 bits per heavy atom. The first-order chi connectivity index (χ1) is 4.88. The molecular formula is C5H4N4O. The van der Waals surface area contributed by atoms with Gasteiger partial charge >= 0.3 is 0 Å². The minimum absolute atomic E-state index is 0.303. The van der Waals surface area contributed by atoms with E-state index in [9.17, 15) is 0 Å². The third kappa shape index (κ3) is 0.540. The fourth-order valence-electron chi connectivity index (χ4n) is 0.718. The van der Waals surface area contributed by atoms with E-state index in [0.29, 0.717) is 16.9 Å². The summed E-state index contributed by atoms with van der Waals surface area (Å²) in [6, 6.07) is 0. The van der Waals surface area contributed by atoms with Gasteiger partial charge in [-0.2, -0.15) is 0 Å². The summed E-state index contributed by atoms with van der Waals surface area (Å²) in [5, 5.41) is 3.50.